The summed E-state index contributed by atoms with van der Waals surface area (Å²) in [7, 11) is -4.01. The molecule has 5 aliphatic rings. The van der Waals surface area contributed by atoms with Crippen LogP contribution in [0.15, 0.2) is 43.0 Å². The first kappa shape index (κ1) is 39.7. The van der Waals surface area contributed by atoms with Crippen molar-refractivity contribution in [3.05, 3.63) is 60.0 Å². The molecule has 18 heteroatoms. The molecule has 1 saturated heterocycles. The first-order valence-corrected chi connectivity index (χ1v) is 19.9. The summed E-state index contributed by atoms with van der Waals surface area (Å²) in [4.78, 5) is 85.6. The lowest BCUT2D eigenvalue weighted by Gasteiger charge is -2.30. The molecule has 3 aliphatic heterocycles. The van der Waals surface area contributed by atoms with Gasteiger partial charge in [0, 0.05) is 37.5 Å². The van der Waals surface area contributed by atoms with E-state index in [1.807, 2.05) is 0 Å². The van der Waals surface area contributed by atoms with Crippen molar-refractivity contribution in [3.63, 3.8) is 0 Å². The third-order valence-electron chi connectivity index (χ3n) is 10.4. The van der Waals surface area contributed by atoms with Crippen LogP contribution in [0.1, 0.15) is 70.4 Å². The summed E-state index contributed by atoms with van der Waals surface area (Å²) in [6.07, 6.45) is 2.57. The maximum atomic E-state index is 14.5. The fourth-order valence-corrected chi connectivity index (χ4v) is 8.60. The van der Waals surface area contributed by atoms with Gasteiger partial charge in [-0.05, 0) is 70.6 Å². The molecule has 0 aromatic heterocycles. The van der Waals surface area contributed by atoms with Gasteiger partial charge in [-0.25, -0.2) is 22.4 Å². The van der Waals surface area contributed by atoms with Crippen molar-refractivity contribution in [3.8, 4) is 0 Å². The van der Waals surface area contributed by atoms with Crippen molar-refractivity contribution in [2.24, 2.45) is 5.92 Å². The van der Waals surface area contributed by atoms with Gasteiger partial charge in [0.25, 0.3) is 5.91 Å². The van der Waals surface area contributed by atoms with Gasteiger partial charge in [-0.15, -0.1) is 0 Å². The van der Waals surface area contributed by atoms with Gasteiger partial charge in [-0.2, -0.15) is 0 Å². The molecule has 0 spiro atoms. The maximum absolute atomic E-state index is 14.5. The highest BCUT2D eigenvalue weighted by molar-refractivity contribution is 7.91. The van der Waals surface area contributed by atoms with E-state index in [0.29, 0.717) is 24.0 Å². The van der Waals surface area contributed by atoms with Crippen LogP contribution in [-0.4, -0.2) is 113 Å². The lowest BCUT2D eigenvalue weighted by Crippen LogP contribution is -2.58. The van der Waals surface area contributed by atoms with Crippen LogP contribution >= 0.6 is 0 Å². The maximum Gasteiger partial charge on any atom is 0.410 e. The van der Waals surface area contributed by atoms with Gasteiger partial charge in [0.15, 0.2) is 0 Å². The molecule has 3 N–H and O–H groups in total. The molecule has 55 heavy (non-hydrogen) atoms. The zero-order chi connectivity index (χ0) is 39.9. The fraction of sp³-hybridized carbons (Fsp3) is 0.568. The molecule has 0 radical (unpaired) electrons. The lowest BCUT2D eigenvalue weighted by molar-refractivity contribution is -0.141. The number of sulfonamides is 1. The molecule has 2 unspecified atom stereocenters. The van der Waals surface area contributed by atoms with Crippen LogP contribution in [0.5, 0.6) is 0 Å². The second-order valence-corrected chi connectivity index (χ2v) is 17.6. The number of nitrogens with zero attached hydrogens (tertiary/aromatic N) is 3. The number of alkyl carbamates (subject to hydrolysis) is 1. The summed E-state index contributed by atoms with van der Waals surface area (Å²) in [5.41, 5.74) is -1.64. The molecular weight excluding hydrogens is 740 g/mol. The largest absolute Gasteiger partial charge is 0.444 e. The van der Waals surface area contributed by atoms with E-state index >= 15 is 0 Å². The van der Waals surface area contributed by atoms with E-state index in [2.05, 4.69) is 21.9 Å². The Labute approximate surface area is 318 Å². The highest BCUT2D eigenvalue weighted by atomic mass is 32.2. The van der Waals surface area contributed by atoms with E-state index in [1.165, 1.54) is 20.8 Å². The van der Waals surface area contributed by atoms with E-state index in [4.69, 9.17) is 9.47 Å². The molecule has 6 amide bonds. The van der Waals surface area contributed by atoms with Gasteiger partial charge < -0.3 is 29.9 Å². The van der Waals surface area contributed by atoms with Gasteiger partial charge in [0.1, 0.15) is 35.1 Å². The third-order valence-corrected chi connectivity index (χ3v) is 12.2. The standard InChI is InChI=1S/C37H47FN6O10S/c1-5-30(45)42-15-7-10-23-18-37(23,33(48)41-55(51,52)25-13-14-25)40-31(46)29-17-24(53-35(50)43-19-22-9-6-11-27(38)26(22)21-43)20-44(29)32(47)28(12-8-16-42)39-34(49)54-36(2,3)4/h5-7,9-11,23-25,28-29H,1,8,12-21H2,2-4H3,(H,39,49)(H,40,46)(H,41,48)/b10-7-/t23?,24-,28+,29?,37-/m1/s1. The lowest BCUT2D eigenvalue weighted by atomic mass is 10.1. The van der Waals surface area contributed by atoms with Crippen LogP contribution < -0.4 is 15.4 Å². The van der Waals surface area contributed by atoms with E-state index in [-0.39, 0.29) is 58.4 Å². The van der Waals surface area contributed by atoms with Crippen molar-refractivity contribution in [1.82, 2.24) is 30.1 Å². The van der Waals surface area contributed by atoms with Crippen LogP contribution in [0.25, 0.3) is 0 Å². The topological polar surface area (TPSA) is 201 Å². The molecule has 0 bridgehead atoms. The highest BCUT2D eigenvalue weighted by Crippen LogP contribution is 2.46. The second-order valence-electron chi connectivity index (χ2n) is 15.7. The zero-order valence-corrected chi connectivity index (χ0v) is 31.9. The average molecular weight is 787 g/mol. The van der Waals surface area contributed by atoms with Crippen LogP contribution in [-0.2, 0) is 51.8 Å². The summed E-state index contributed by atoms with van der Waals surface area (Å²) < 4.78 is 53.5. The Kier molecular flexibility index (Phi) is 11.0. The van der Waals surface area contributed by atoms with E-state index < -0.39 is 92.2 Å². The Morgan fingerprint density at radius 2 is 1.84 bits per heavy atom. The Balaban J connectivity index is 1.29. The van der Waals surface area contributed by atoms with Gasteiger partial charge in [-0.3, -0.25) is 28.8 Å². The number of nitrogens with one attached hydrogen (secondary N) is 3. The molecule has 1 aromatic rings. The van der Waals surface area contributed by atoms with Gasteiger partial charge in [0.05, 0.1) is 18.3 Å². The number of carbonyl (C=O) groups is 6. The molecule has 5 atom stereocenters. The van der Waals surface area contributed by atoms with Crippen molar-refractivity contribution >= 4 is 45.8 Å². The monoisotopic (exact) mass is 786 g/mol. The number of hydrogen-bond acceptors (Lipinski definition) is 10. The Morgan fingerprint density at radius 3 is 2.51 bits per heavy atom. The number of rotatable bonds is 6. The number of hydrogen-bond donors (Lipinski definition) is 3. The normalized spacial score (nSPS) is 27.6. The van der Waals surface area contributed by atoms with Gasteiger partial charge in [-0.1, -0.05) is 30.9 Å². The Bertz CT molecular complexity index is 1910. The molecule has 298 valence electrons. The quantitative estimate of drug-likeness (QED) is 0.283. The zero-order valence-electron chi connectivity index (χ0n) is 31.0. The predicted octanol–water partition coefficient (Wildman–Crippen LogP) is 1.99. The number of amides is 6. The Hall–Kier alpha value is -5.00. The minimum atomic E-state index is -4.01. The minimum absolute atomic E-state index is 0.0175. The third kappa shape index (κ3) is 8.95. The highest BCUT2D eigenvalue weighted by Gasteiger charge is 2.62. The Morgan fingerprint density at radius 1 is 1.09 bits per heavy atom. The van der Waals surface area contributed by atoms with Crippen LogP contribution in [0.3, 0.4) is 0 Å². The summed E-state index contributed by atoms with van der Waals surface area (Å²) >= 11 is 0. The summed E-state index contributed by atoms with van der Waals surface area (Å²) in [6, 6.07) is 1.96. The smallest absolute Gasteiger partial charge is 0.410 e. The molecule has 3 heterocycles. The van der Waals surface area contributed by atoms with Gasteiger partial charge in [0.2, 0.25) is 27.7 Å². The van der Waals surface area contributed by atoms with Crippen molar-refractivity contribution < 1.29 is 51.0 Å². The number of benzene rings is 1. The van der Waals surface area contributed by atoms with Crippen LogP contribution in [0.2, 0.25) is 0 Å². The second kappa shape index (κ2) is 15.3. The van der Waals surface area contributed by atoms with E-state index in [9.17, 15) is 41.6 Å². The number of halogens is 1. The fourth-order valence-electron chi connectivity index (χ4n) is 7.24. The van der Waals surface area contributed by atoms with Crippen molar-refractivity contribution in [1.29, 1.82) is 0 Å². The minimum Gasteiger partial charge on any atom is -0.444 e. The van der Waals surface area contributed by atoms with Crippen LogP contribution in [0, 0.1) is 11.7 Å². The number of carbonyl (C=O) groups excluding carboxylic acids is 6. The number of ether oxygens (including phenoxy) is 2. The predicted molar refractivity (Wildman–Crippen MR) is 193 cm³/mol. The average Bonchev–Trinajstić information content (AvgIpc) is 3.99. The molecule has 3 fully saturated rings. The van der Waals surface area contributed by atoms with Crippen molar-refractivity contribution in [2.75, 3.05) is 19.6 Å². The van der Waals surface area contributed by atoms with Gasteiger partial charge >= 0.3 is 12.2 Å². The molecule has 16 nitrogen and oxygen atoms in total. The summed E-state index contributed by atoms with van der Waals surface area (Å²) in [5.74, 6) is -3.97. The first-order valence-electron chi connectivity index (χ1n) is 18.4. The first-order chi connectivity index (χ1) is 25.9. The summed E-state index contributed by atoms with van der Waals surface area (Å²) in [6.45, 7) is 8.52. The van der Waals surface area contributed by atoms with E-state index in [1.54, 1.807) is 45.1 Å². The molecular formula is C37H47FN6O10S. The number of fused-ring (bicyclic) bond motifs is 3. The molecule has 2 aliphatic carbocycles. The molecule has 1 aromatic carbocycles. The van der Waals surface area contributed by atoms with Crippen LogP contribution in [0.4, 0.5) is 14.0 Å². The molecule has 2 saturated carbocycles. The van der Waals surface area contributed by atoms with Crippen molar-refractivity contribution in [2.45, 2.75) is 107 Å². The summed E-state index contributed by atoms with van der Waals surface area (Å²) in [5, 5.41) is 4.61. The van der Waals surface area contributed by atoms with E-state index in [0.717, 1.165) is 6.08 Å². The molecule has 6 rings (SSSR count). The SMILES string of the molecule is C=CC(=O)N1C/C=C\C2C[C@@]2(C(=O)NS(=O)(=O)C2CC2)NC(=O)C2C[C@@H](OC(=O)N3Cc4cccc(F)c4C3)CN2C(=O)[C@@H](NC(=O)OC(C)(C)C)CCC1.